The second kappa shape index (κ2) is 10.1. The predicted octanol–water partition coefficient (Wildman–Crippen LogP) is 4.77. The van der Waals surface area contributed by atoms with Crippen molar-refractivity contribution in [1.82, 2.24) is 9.80 Å². The summed E-state index contributed by atoms with van der Waals surface area (Å²) in [5.74, 6) is -1.25. The van der Waals surface area contributed by atoms with Crippen LogP contribution in [0.1, 0.15) is 54.1 Å². The highest BCUT2D eigenvalue weighted by atomic mass is 16.3. The molecule has 3 rings (SSSR count). The number of hydrogen-bond acceptors (Lipinski definition) is 4. The number of rotatable bonds is 8. The van der Waals surface area contributed by atoms with Crippen molar-refractivity contribution < 1.29 is 14.7 Å². The highest BCUT2D eigenvalue weighted by Gasteiger charge is 2.45. The Morgan fingerprint density at radius 1 is 0.969 bits per heavy atom. The molecule has 1 aliphatic heterocycles. The molecule has 1 fully saturated rings. The molecule has 0 aliphatic carbocycles. The van der Waals surface area contributed by atoms with E-state index in [0.717, 1.165) is 48.3 Å². The molecule has 1 N–H and O–H groups in total. The Morgan fingerprint density at radius 2 is 1.59 bits per heavy atom. The lowest BCUT2D eigenvalue weighted by Gasteiger charge is -2.27. The lowest BCUT2D eigenvalue weighted by Crippen LogP contribution is -2.33. The van der Waals surface area contributed by atoms with Gasteiger partial charge in [-0.05, 0) is 64.0 Å². The van der Waals surface area contributed by atoms with E-state index in [0.29, 0.717) is 12.1 Å². The predicted molar refractivity (Wildman–Crippen MR) is 129 cm³/mol. The molecule has 1 amide bonds. The van der Waals surface area contributed by atoms with Crippen molar-refractivity contribution in [3.8, 4) is 0 Å². The molecule has 0 radical (unpaired) electrons. The molecule has 0 aromatic heterocycles. The number of nitrogens with zero attached hydrogens (tertiary/aromatic N) is 2. The molecule has 0 unspecified atom stereocenters. The number of carbonyl (C=O) groups is 2. The van der Waals surface area contributed by atoms with E-state index in [9.17, 15) is 14.7 Å². The van der Waals surface area contributed by atoms with Gasteiger partial charge in [0.1, 0.15) is 5.76 Å². The van der Waals surface area contributed by atoms with Crippen molar-refractivity contribution in [3.63, 3.8) is 0 Å². The minimum Gasteiger partial charge on any atom is -0.507 e. The van der Waals surface area contributed by atoms with Gasteiger partial charge >= 0.3 is 0 Å². The van der Waals surface area contributed by atoms with E-state index in [1.54, 1.807) is 4.90 Å². The van der Waals surface area contributed by atoms with Crippen LogP contribution in [0.3, 0.4) is 0 Å². The zero-order valence-electron chi connectivity index (χ0n) is 19.8. The van der Waals surface area contributed by atoms with Crippen LogP contribution in [0.4, 0.5) is 0 Å². The summed E-state index contributed by atoms with van der Waals surface area (Å²) in [6, 6.07) is 13.0. The molecule has 1 aliphatic rings. The summed E-state index contributed by atoms with van der Waals surface area (Å²) in [6.45, 7) is 13.3. The van der Waals surface area contributed by atoms with E-state index in [1.807, 2.05) is 63.2 Å². The van der Waals surface area contributed by atoms with Crippen molar-refractivity contribution in [2.45, 2.75) is 47.1 Å². The van der Waals surface area contributed by atoms with Gasteiger partial charge in [0.2, 0.25) is 0 Å². The number of carbonyl (C=O) groups excluding carboxylic acids is 2. The summed E-state index contributed by atoms with van der Waals surface area (Å²) in [6.07, 6.45) is 0.764. The lowest BCUT2D eigenvalue weighted by molar-refractivity contribution is -0.140. The zero-order valence-corrected chi connectivity index (χ0v) is 19.8. The molecule has 32 heavy (non-hydrogen) atoms. The molecular formula is C27H34N2O3. The molecule has 0 saturated carbocycles. The second-order valence-corrected chi connectivity index (χ2v) is 8.60. The summed E-state index contributed by atoms with van der Waals surface area (Å²) in [4.78, 5) is 30.2. The molecule has 1 saturated heterocycles. The number of ketones is 1. The average molecular weight is 435 g/mol. The summed E-state index contributed by atoms with van der Waals surface area (Å²) >= 11 is 0. The fourth-order valence-corrected chi connectivity index (χ4v) is 4.35. The van der Waals surface area contributed by atoms with Crippen LogP contribution in [-0.2, 0) is 9.59 Å². The number of benzene rings is 2. The number of aliphatic hydroxyl groups is 1. The number of aliphatic hydroxyl groups excluding tert-OH is 1. The molecule has 1 heterocycles. The highest BCUT2D eigenvalue weighted by Crippen LogP contribution is 2.40. The van der Waals surface area contributed by atoms with Crippen molar-refractivity contribution in [3.05, 3.63) is 75.9 Å². The van der Waals surface area contributed by atoms with E-state index in [4.69, 9.17) is 0 Å². The van der Waals surface area contributed by atoms with Gasteiger partial charge in [-0.1, -0.05) is 61.4 Å². The highest BCUT2D eigenvalue weighted by molar-refractivity contribution is 6.46. The molecule has 1 atom stereocenters. The monoisotopic (exact) mass is 434 g/mol. The quantitative estimate of drug-likeness (QED) is 0.369. The first-order chi connectivity index (χ1) is 15.3. The minimum absolute atomic E-state index is 0.0960. The Balaban J connectivity index is 2.06. The smallest absolute Gasteiger partial charge is 0.295 e. The molecule has 2 aromatic rings. The van der Waals surface area contributed by atoms with Gasteiger partial charge in [0.05, 0.1) is 11.6 Å². The second-order valence-electron chi connectivity index (χ2n) is 8.60. The van der Waals surface area contributed by atoms with Crippen LogP contribution in [0, 0.1) is 20.8 Å². The lowest BCUT2D eigenvalue weighted by atomic mass is 9.93. The van der Waals surface area contributed by atoms with Crippen LogP contribution in [0.15, 0.2) is 48.0 Å². The van der Waals surface area contributed by atoms with Gasteiger partial charge in [-0.3, -0.25) is 9.59 Å². The van der Waals surface area contributed by atoms with Crippen LogP contribution >= 0.6 is 0 Å². The maximum Gasteiger partial charge on any atom is 0.295 e. The summed E-state index contributed by atoms with van der Waals surface area (Å²) in [7, 11) is 0. The standard InChI is InChI=1S/C27H34N2O3/c1-6-28(7-2)15-8-16-29-24(21-13-10-18(3)11-14-21)23(26(31)27(29)32)25(30)22-17-19(4)9-12-20(22)5/h9-14,17,24,30H,6-8,15-16H2,1-5H3/t24-/m1/s1. The molecule has 170 valence electrons. The van der Waals surface area contributed by atoms with Gasteiger partial charge in [0.15, 0.2) is 0 Å². The van der Waals surface area contributed by atoms with Crippen LogP contribution in [-0.4, -0.2) is 52.8 Å². The molecular weight excluding hydrogens is 400 g/mol. The molecule has 0 bridgehead atoms. The van der Waals surface area contributed by atoms with Gasteiger partial charge in [-0.15, -0.1) is 0 Å². The zero-order chi connectivity index (χ0) is 23.4. The molecule has 2 aromatic carbocycles. The summed E-state index contributed by atoms with van der Waals surface area (Å²) < 4.78 is 0. The number of likely N-dealkylation sites (tertiary alicyclic amines) is 1. The topological polar surface area (TPSA) is 60.9 Å². The van der Waals surface area contributed by atoms with Crippen LogP contribution in [0.5, 0.6) is 0 Å². The van der Waals surface area contributed by atoms with Gasteiger partial charge in [0, 0.05) is 12.1 Å². The third-order valence-corrected chi connectivity index (χ3v) is 6.35. The Kier molecular flexibility index (Phi) is 7.52. The van der Waals surface area contributed by atoms with E-state index in [1.165, 1.54) is 0 Å². The van der Waals surface area contributed by atoms with E-state index in [-0.39, 0.29) is 11.3 Å². The maximum atomic E-state index is 13.2. The van der Waals surface area contributed by atoms with Crippen LogP contribution < -0.4 is 0 Å². The number of aryl methyl sites for hydroxylation is 3. The number of Topliss-reactive ketones (excluding diaryl/α,β-unsaturated/α-hetero) is 1. The average Bonchev–Trinajstić information content (AvgIpc) is 3.03. The number of amides is 1. The van der Waals surface area contributed by atoms with Gasteiger partial charge in [-0.25, -0.2) is 0 Å². The van der Waals surface area contributed by atoms with Crippen molar-refractivity contribution in [1.29, 1.82) is 0 Å². The Labute approximate surface area is 191 Å². The Bertz CT molecular complexity index is 1020. The van der Waals surface area contributed by atoms with Crippen LogP contribution in [0.25, 0.3) is 5.76 Å². The van der Waals surface area contributed by atoms with Crippen molar-refractivity contribution >= 4 is 17.4 Å². The SMILES string of the molecule is CCN(CC)CCCN1C(=O)C(=O)C(=C(O)c2cc(C)ccc2C)[C@H]1c1ccc(C)cc1. The number of hydrogen-bond donors (Lipinski definition) is 1. The third-order valence-electron chi connectivity index (χ3n) is 6.35. The van der Waals surface area contributed by atoms with Gasteiger partial charge in [-0.2, -0.15) is 0 Å². The minimum atomic E-state index is -0.614. The fourth-order valence-electron chi connectivity index (χ4n) is 4.35. The van der Waals surface area contributed by atoms with Crippen LogP contribution in [0.2, 0.25) is 0 Å². The molecule has 5 nitrogen and oxygen atoms in total. The first-order valence-electron chi connectivity index (χ1n) is 11.4. The third kappa shape index (κ3) is 4.78. The first-order valence-corrected chi connectivity index (χ1v) is 11.4. The van der Waals surface area contributed by atoms with Gasteiger partial charge in [0.25, 0.3) is 11.7 Å². The maximum absolute atomic E-state index is 13.2. The fraction of sp³-hybridized carbons (Fsp3) is 0.407. The van der Waals surface area contributed by atoms with Crippen molar-refractivity contribution in [2.75, 3.05) is 26.2 Å². The summed E-state index contributed by atoms with van der Waals surface area (Å²) in [5, 5.41) is 11.3. The van der Waals surface area contributed by atoms with E-state index >= 15 is 0 Å². The first kappa shape index (κ1) is 23.7. The Morgan fingerprint density at radius 3 is 2.22 bits per heavy atom. The molecule has 0 spiro atoms. The largest absolute Gasteiger partial charge is 0.507 e. The van der Waals surface area contributed by atoms with Crippen molar-refractivity contribution in [2.24, 2.45) is 0 Å². The molecule has 5 heteroatoms. The Hall–Kier alpha value is -2.92. The van der Waals surface area contributed by atoms with E-state index < -0.39 is 17.7 Å². The normalized spacial score (nSPS) is 18.1. The summed E-state index contributed by atoms with van der Waals surface area (Å²) in [5.41, 5.74) is 4.56. The van der Waals surface area contributed by atoms with Gasteiger partial charge < -0.3 is 14.9 Å². The van der Waals surface area contributed by atoms with E-state index in [2.05, 4.69) is 18.7 Å².